The lowest BCUT2D eigenvalue weighted by Gasteiger charge is -1.99. The predicted octanol–water partition coefficient (Wildman–Crippen LogP) is 2.49. The highest BCUT2D eigenvalue weighted by molar-refractivity contribution is 6.31. The summed E-state index contributed by atoms with van der Waals surface area (Å²) in [6.07, 6.45) is 0. The summed E-state index contributed by atoms with van der Waals surface area (Å²) in [5, 5.41) is 9.12. The molecule has 0 heterocycles. The van der Waals surface area contributed by atoms with Gasteiger partial charge in [0.05, 0.1) is 0 Å². The van der Waals surface area contributed by atoms with Crippen molar-refractivity contribution < 1.29 is 9.50 Å². The first-order valence-corrected chi connectivity index (χ1v) is 3.14. The zero-order valence-corrected chi connectivity index (χ0v) is 6.11. The molecule has 0 aliphatic carbocycles. The third-order valence-electron chi connectivity index (χ3n) is 1.30. The van der Waals surface area contributed by atoms with Crippen molar-refractivity contribution in [3.05, 3.63) is 28.5 Å². The Balaban J connectivity index is 3.34. The third-order valence-corrected chi connectivity index (χ3v) is 1.71. The van der Waals surface area contributed by atoms with E-state index in [1.165, 1.54) is 19.1 Å². The van der Waals surface area contributed by atoms with Crippen LogP contribution < -0.4 is 0 Å². The van der Waals surface area contributed by atoms with E-state index < -0.39 is 5.82 Å². The highest BCUT2D eigenvalue weighted by Crippen LogP contribution is 2.24. The lowest BCUT2D eigenvalue weighted by Crippen LogP contribution is -1.82. The number of hydrogen-bond donors (Lipinski definition) is 1. The normalized spacial score (nSPS) is 9.90. The molecule has 0 amide bonds. The molecule has 0 unspecified atom stereocenters. The van der Waals surface area contributed by atoms with Gasteiger partial charge in [-0.15, -0.1) is 0 Å². The maximum absolute atomic E-state index is 12.7. The van der Waals surface area contributed by atoms with Crippen molar-refractivity contribution >= 4 is 11.6 Å². The fourth-order valence-corrected chi connectivity index (χ4v) is 0.793. The van der Waals surface area contributed by atoms with E-state index in [0.717, 1.165) is 0 Å². The summed E-state index contributed by atoms with van der Waals surface area (Å²) >= 11 is 5.53. The average molecular weight is 161 g/mol. The van der Waals surface area contributed by atoms with Crippen molar-refractivity contribution in [3.8, 4) is 5.75 Å². The first-order valence-electron chi connectivity index (χ1n) is 2.76. The molecule has 10 heavy (non-hydrogen) atoms. The van der Waals surface area contributed by atoms with Crippen LogP contribution in [0.4, 0.5) is 4.39 Å². The minimum absolute atomic E-state index is 0.279. The highest BCUT2D eigenvalue weighted by atomic mass is 35.5. The Labute approximate surface area is 63.1 Å². The molecule has 54 valence electrons. The van der Waals surface area contributed by atoms with Gasteiger partial charge in [0.25, 0.3) is 0 Å². The van der Waals surface area contributed by atoms with Crippen molar-refractivity contribution in [2.45, 2.75) is 6.92 Å². The minimum Gasteiger partial charge on any atom is -0.505 e. The lowest BCUT2D eigenvalue weighted by atomic mass is 10.2. The van der Waals surface area contributed by atoms with Gasteiger partial charge in [-0.25, -0.2) is 4.39 Å². The number of rotatable bonds is 0. The Hall–Kier alpha value is -0.760. The molecule has 1 N–H and O–H groups in total. The number of aromatic hydroxyl groups is 1. The van der Waals surface area contributed by atoms with Gasteiger partial charge in [0.2, 0.25) is 0 Å². The number of phenols is 1. The van der Waals surface area contributed by atoms with Crippen LogP contribution in [0, 0.1) is 12.7 Å². The minimum atomic E-state index is -0.646. The molecule has 1 aromatic rings. The van der Waals surface area contributed by atoms with Crippen LogP contribution in [-0.4, -0.2) is 5.11 Å². The van der Waals surface area contributed by atoms with E-state index in [2.05, 4.69) is 0 Å². The zero-order valence-electron chi connectivity index (χ0n) is 5.36. The summed E-state index contributed by atoms with van der Waals surface area (Å²) in [6.45, 7) is 1.51. The molecule has 0 spiro atoms. The van der Waals surface area contributed by atoms with Gasteiger partial charge in [0, 0.05) is 10.6 Å². The molecule has 0 bridgehead atoms. The van der Waals surface area contributed by atoms with Crippen LogP contribution in [-0.2, 0) is 0 Å². The quantitative estimate of drug-likeness (QED) is 0.618. The van der Waals surface area contributed by atoms with Gasteiger partial charge in [-0.3, -0.25) is 0 Å². The van der Waals surface area contributed by atoms with E-state index in [0.29, 0.717) is 5.02 Å². The molecule has 0 aliphatic heterocycles. The lowest BCUT2D eigenvalue weighted by molar-refractivity contribution is 0.430. The summed E-state index contributed by atoms with van der Waals surface area (Å²) in [7, 11) is 0. The molecule has 1 nitrogen and oxygen atoms in total. The van der Waals surface area contributed by atoms with Crippen LogP contribution in [0.1, 0.15) is 5.56 Å². The molecule has 0 aliphatic rings. The first-order chi connectivity index (χ1) is 4.63. The van der Waals surface area contributed by atoms with Gasteiger partial charge < -0.3 is 5.11 Å². The smallest absolute Gasteiger partial charge is 0.169 e. The monoisotopic (exact) mass is 160 g/mol. The molecular weight excluding hydrogens is 155 g/mol. The highest BCUT2D eigenvalue weighted by Gasteiger charge is 2.05. The second-order valence-corrected chi connectivity index (χ2v) is 2.41. The second-order valence-electron chi connectivity index (χ2n) is 2.01. The maximum atomic E-state index is 12.7. The van der Waals surface area contributed by atoms with Crippen molar-refractivity contribution in [1.82, 2.24) is 0 Å². The Morgan fingerprint density at radius 2 is 2.10 bits per heavy atom. The van der Waals surface area contributed by atoms with Gasteiger partial charge in [-0.1, -0.05) is 11.6 Å². The van der Waals surface area contributed by atoms with Crippen molar-refractivity contribution in [2.75, 3.05) is 0 Å². The van der Waals surface area contributed by atoms with Crippen LogP contribution in [0.25, 0.3) is 0 Å². The number of halogens is 2. The fourth-order valence-electron chi connectivity index (χ4n) is 0.647. The number of phenolic OH excluding ortho intramolecular Hbond substituents is 1. The van der Waals surface area contributed by atoms with E-state index >= 15 is 0 Å². The van der Waals surface area contributed by atoms with E-state index in [1.54, 1.807) is 0 Å². The summed E-state index contributed by atoms with van der Waals surface area (Å²) in [5.74, 6) is -1.01. The van der Waals surface area contributed by atoms with Crippen LogP contribution in [0.5, 0.6) is 5.75 Å². The molecule has 0 radical (unpaired) electrons. The molecule has 0 saturated carbocycles. The summed E-state index contributed by atoms with van der Waals surface area (Å²) < 4.78 is 12.7. The molecule has 3 heteroatoms. The summed E-state index contributed by atoms with van der Waals surface area (Å²) in [4.78, 5) is 0. The van der Waals surface area contributed by atoms with Crippen LogP contribution in [0.15, 0.2) is 12.1 Å². The van der Waals surface area contributed by atoms with Gasteiger partial charge in [0.15, 0.2) is 11.6 Å². The first kappa shape index (κ1) is 7.35. The topological polar surface area (TPSA) is 20.2 Å². The molecule has 1 rings (SSSR count). The Kier molecular flexibility index (Phi) is 1.81. The third kappa shape index (κ3) is 1.07. The van der Waals surface area contributed by atoms with Gasteiger partial charge in [0.1, 0.15) is 0 Å². The SMILES string of the molecule is Cc1c(Cl)ccc(O)c1F. The summed E-state index contributed by atoms with van der Waals surface area (Å²) in [5.41, 5.74) is 0.279. The Morgan fingerprint density at radius 3 is 2.60 bits per heavy atom. The molecule has 0 atom stereocenters. The van der Waals surface area contributed by atoms with E-state index in [-0.39, 0.29) is 11.3 Å². The molecule has 1 aromatic carbocycles. The van der Waals surface area contributed by atoms with Gasteiger partial charge in [-0.2, -0.15) is 0 Å². The van der Waals surface area contributed by atoms with Gasteiger partial charge >= 0.3 is 0 Å². The molecule has 0 saturated heterocycles. The van der Waals surface area contributed by atoms with Gasteiger partial charge in [-0.05, 0) is 19.1 Å². The zero-order chi connectivity index (χ0) is 7.72. The molecule has 0 fully saturated rings. The van der Waals surface area contributed by atoms with Crippen LogP contribution in [0.3, 0.4) is 0 Å². The van der Waals surface area contributed by atoms with E-state index in [9.17, 15) is 4.39 Å². The van der Waals surface area contributed by atoms with Crippen molar-refractivity contribution in [2.24, 2.45) is 0 Å². The fraction of sp³-hybridized carbons (Fsp3) is 0.143. The van der Waals surface area contributed by atoms with E-state index in [1.807, 2.05) is 0 Å². The predicted molar refractivity (Wildman–Crippen MR) is 37.8 cm³/mol. The van der Waals surface area contributed by atoms with Crippen LogP contribution in [0.2, 0.25) is 5.02 Å². The number of benzene rings is 1. The van der Waals surface area contributed by atoms with Crippen LogP contribution >= 0.6 is 11.6 Å². The Bertz CT molecular complexity index is 233. The molecule has 0 aromatic heterocycles. The Morgan fingerprint density at radius 1 is 1.50 bits per heavy atom. The largest absolute Gasteiger partial charge is 0.505 e. The number of hydrogen-bond acceptors (Lipinski definition) is 1. The standard InChI is InChI=1S/C7H6ClFO/c1-4-5(8)2-3-6(10)7(4)9/h2-3,10H,1H3. The molecular formula is C7H6ClFO. The summed E-state index contributed by atoms with van der Waals surface area (Å²) in [6, 6.07) is 2.68. The average Bonchev–Trinajstić information content (AvgIpc) is 1.93. The maximum Gasteiger partial charge on any atom is 0.169 e. The van der Waals surface area contributed by atoms with Crippen molar-refractivity contribution in [3.63, 3.8) is 0 Å². The van der Waals surface area contributed by atoms with E-state index in [4.69, 9.17) is 16.7 Å². The second kappa shape index (κ2) is 2.46. The van der Waals surface area contributed by atoms with Crippen molar-refractivity contribution in [1.29, 1.82) is 0 Å².